The normalized spacial score (nSPS) is 14.9. The number of allylic oxidation sites excluding steroid dienone is 2. The zero-order chi connectivity index (χ0) is 19.8. The van der Waals surface area contributed by atoms with Gasteiger partial charge in [-0.1, -0.05) is 10.3 Å². The van der Waals surface area contributed by atoms with Gasteiger partial charge in [0, 0.05) is 12.4 Å². The first kappa shape index (κ1) is 19.4. The molecule has 0 saturated carbocycles. The minimum absolute atomic E-state index is 0.269. The molecule has 140 valence electrons. The van der Waals surface area contributed by atoms with Crippen molar-refractivity contribution in [3.63, 3.8) is 0 Å². The van der Waals surface area contributed by atoms with Crippen molar-refractivity contribution in [2.75, 3.05) is 14.2 Å². The van der Waals surface area contributed by atoms with E-state index in [2.05, 4.69) is 15.3 Å². The Hall–Kier alpha value is -3.88. The largest absolute Gasteiger partial charge is 0.496 e. The molecule has 0 unspecified atom stereocenters. The van der Waals surface area contributed by atoms with Crippen LogP contribution in [0.3, 0.4) is 0 Å². The van der Waals surface area contributed by atoms with Crippen LogP contribution in [0.15, 0.2) is 59.1 Å². The third kappa shape index (κ3) is 4.21. The number of pyridine rings is 1. The Morgan fingerprint density at radius 1 is 0.889 bits per heavy atom. The Balaban J connectivity index is 0.000000244. The number of carbonyl (C=O) groups is 1. The van der Waals surface area contributed by atoms with E-state index in [1.54, 1.807) is 12.1 Å². The van der Waals surface area contributed by atoms with E-state index in [-0.39, 0.29) is 5.56 Å². The van der Waals surface area contributed by atoms with E-state index >= 15 is 0 Å². The summed E-state index contributed by atoms with van der Waals surface area (Å²) >= 11 is 0. The highest BCUT2D eigenvalue weighted by Gasteiger charge is 2.25. The third-order valence-corrected chi connectivity index (χ3v) is 3.62. The van der Waals surface area contributed by atoms with E-state index in [9.17, 15) is 4.79 Å². The third-order valence-electron chi connectivity index (χ3n) is 3.62. The summed E-state index contributed by atoms with van der Waals surface area (Å²) in [5, 5.41) is 32.8. The van der Waals surface area contributed by atoms with Crippen molar-refractivity contribution >= 4 is 17.4 Å². The van der Waals surface area contributed by atoms with Gasteiger partial charge in [-0.15, -0.1) is 0 Å². The van der Waals surface area contributed by atoms with Crippen LogP contribution in [0.1, 0.15) is 21.5 Å². The molecule has 0 bridgehead atoms. The highest BCUT2D eigenvalue weighted by atomic mass is 16.5. The number of rotatable bonds is 3. The molecule has 3 rings (SSSR count). The molecule has 1 aromatic heterocycles. The first-order valence-corrected chi connectivity index (χ1v) is 7.58. The van der Waals surface area contributed by atoms with E-state index in [1.807, 2.05) is 0 Å². The van der Waals surface area contributed by atoms with Crippen molar-refractivity contribution in [1.82, 2.24) is 4.98 Å². The number of methoxy groups -OCH3 is 2. The van der Waals surface area contributed by atoms with Crippen LogP contribution in [0.4, 0.5) is 0 Å². The molecule has 1 heterocycles. The fourth-order valence-electron chi connectivity index (χ4n) is 2.40. The summed E-state index contributed by atoms with van der Waals surface area (Å²) in [6, 6.07) is 6.28. The molecule has 0 saturated heterocycles. The Labute approximate surface area is 154 Å². The van der Waals surface area contributed by atoms with Crippen LogP contribution in [0.25, 0.3) is 0 Å². The summed E-state index contributed by atoms with van der Waals surface area (Å²) in [6.07, 6.45) is 5.95. The lowest BCUT2D eigenvalue weighted by atomic mass is 9.92. The SMILES string of the molecule is COc1ccc(OC)c2c1C(=NO)C=CC2=NO.O=C(O)c1ccncc1. The monoisotopic (exact) mass is 371 g/mol. The predicted octanol–water partition coefficient (Wildman–Crippen LogP) is 2.41. The van der Waals surface area contributed by atoms with Gasteiger partial charge in [0.05, 0.1) is 30.9 Å². The van der Waals surface area contributed by atoms with Gasteiger partial charge in [-0.3, -0.25) is 4.98 Å². The van der Waals surface area contributed by atoms with E-state index in [4.69, 9.17) is 25.0 Å². The first-order valence-electron chi connectivity index (χ1n) is 7.58. The summed E-state index contributed by atoms with van der Waals surface area (Å²) in [5.41, 5.74) is 1.94. The molecule has 2 aromatic rings. The molecular weight excluding hydrogens is 354 g/mol. The number of oxime groups is 2. The Morgan fingerprint density at radius 3 is 1.63 bits per heavy atom. The smallest absolute Gasteiger partial charge is 0.335 e. The standard InChI is InChI=1S/C12H12N2O4.C6H5NO2/c1-17-9-5-6-10(18-2)12-8(14-16)4-3-7(13-15)11(9)12;8-6(9)5-1-3-7-4-2-5/h3-6,15-16H,1-2H3;1-4H,(H,8,9). The van der Waals surface area contributed by atoms with E-state index in [1.165, 1.54) is 50.9 Å². The Kier molecular flexibility index (Phi) is 6.48. The number of fused-ring (bicyclic) bond motifs is 1. The zero-order valence-corrected chi connectivity index (χ0v) is 14.5. The average molecular weight is 371 g/mol. The number of aromatic nitrogens is 1. The van der Waals surface area contributed by atoms with Crippen molar-refractivity contribution in [1.29, 1.82) is 0 Å². The summed E-state index contributed by atoms with van der Waals surface area (Å²) in [4.78, 5) is 13.8. The number of aromatic carboxylic acids is 1. The van der Waals surface area contributed by atoms with Crippen LogP contribution in [0.2, 0.25) is 0 Å². The van der Waals surface area contributed by atoms with Crippen LogP contribution < -0.4 is 9.47 Å². The van der Waals surface area contributed by atoms with E-state index in [0.717, 1.165) is 0 Å². The summed E-state index contributed by atoms with van der Waals surface area (Å²) in [5.74, 6) is 0.0885. The highest BCUT2D eigenvalue weighted by Crippen LogP contribution is 2.34. The lowest BCUT2D eigenvalue weighted by Gasteiger charge is -2.19. The Morgan fingerprint density at radius 2 is 1.33 bits per heavy atom. The van der Waals surface area contributed by atoms with Crippen molar-refractivity contribution < 1.29 is 29.8 Å². The maximum Gasteiger partial charge on any atom is 0.335 e. The van der Waals surface area contributed by atoms with Gasteiger partial charge in [0.1, 0.15) is 22.9 Å². The number of hydrogen-bond donors (Lipinski definition) is 3. The fraction of sp³-hybridized carbons (Fsp3) is 0.111. The predicted molar refractivity (Wildman–Crippen MR) is 96.5 cm³/mol. The minimum Gasteiger partial charge on any atom is -0.496 e. The van der Waals surface area contributed by atoms with Gasteiger partial charge in [-0.25, -0.2) is 4.79 Å². The fourth-order valence-corrected chi connectivity index (χ4v) is 2.40. The minimum atomic E-state index is -0.919. The van der Waals surface area contributed by atoms with Gasteiger partial charge in [-0.2, -0.15) is 0 Å². The second-order valence-electron chi connectivity index (χ2n) is 5.06. The summed E-state index contributed by atoms with van der Waals surface area (Å²) in [7, 11) is 3.01. The number of carboxylic acids is 1. The number of hydrogen-bond acceptors (Lipinski definition) is 8. The molecule has 27 heavy (non-hydrogen) atoms. The molecular formula is C18H17N3O6. The van der Waals surface area contributed by atoms with Gasteiger partial charge in [0.25, 0.3) is 0 Å². The van der Waals surface area contributed by atoms with Crippen molar-refractivity contribution in [3.8, 4) is 11.5 Å². The van der Waals surface area contributed by atoms with E-state index in [0.29, 0.717) is 34.0 Å². The topological polar surface area (TPSA) is 134 Å². The molecule has 0 amide bonds. The van der Waals surface area contributed by atoms with Crippen LogP contribution in [-0.2, 0) is 0 Å². The van der Waals surface area contributed by atoms with Gasteiger partial charge < -0.3 is 25.0 Å². The number of nitrogens with zero attached hydrogens (tertiary/aromatic N) is 3. The average Bonchev–Trinajstić information content (AvgIpc) is 2.73. The Bertz CT molecular complexity index is 858. The second kappa shape index (κ2) is 8.99. The first-order chi connectivity index (χ1) is 13.1. The van der Waals surface area contributed by atoms with Crippen LogP contribution in [0, 0.1) is 0 Å². The number of ether oxygens (including phenoxy) is 2. The van der Waals surface area contributed by atoms with Crippen molar-refractivity contribution in [3.05, 3.63) is 65.5 Å². The van der Waals surface area contributed by atoms with E-state index < -0.39 is 5.97 Å². The molecule has 0 atom stereocenters. The maximum absolute atomic E-state index is 10.2. The molecule has 1 aliphatic rings. The van der Waals surface area contributed by atoms with Crippen molar-refractivity contribution in [2.24, 2.45) is 10.3 Å². The summed E-state index contributed by atoms with van der Waals surface area (Å²) in [6.45, 7) is 0. The van der Waals surface area contributed by atoms with Gasteiger partial charge in [0.15, 0.2) is 0 Å². The zero-order valence-electron chi connectivity index (χ0n) is 14.5. The lowest BCUT2D eigenvalue weighted by Crippen LogP contribution is -2.16. The summed E-state index contributed by atoms with van der Waals surface area (Å²) < 4.78 is 10.4. The van der Waals surface area contributed by atoms with Gasteiger partial charge in [-0.05, 0) is 36.4 Å². The molecule has 0 aliphatic heterocycles. The van der Waals surface area contributed by atoms with Gasteiger partial charge in [0.2, 0.25) is 0 Å². The molecule has 9 heteroatoms. The maximum atomic E-state index is 10.2. The molecule has 1 aliphatic carbocycles. The molecule has 0 radical (unpaired) electrons. The van der Waals surface area contributed by atoms with Crippen LogP contribution in [-0.4, -0.2) is 52.1 Å². The van der Waals surface area contributed by atoms with Gasteiger partial charge >= 0.3 is 5.97 Å². The number of carboxylic acid groups (broad SMARTS) is 1. The highest BCUT2D eigenvalue weighted by molar-refractivity contribution is 6.27. The van der Waals surface area contributed by atoms with Crippen molar-refractivity contribution in [2.45, 2.75) is 0 Å². The molecule has 0 spiro atoms. The molecule has 9 nitrogen and oxygen atoms in total. The second-order valence-corrected chi connectivity index (χ2v) is 5.06. The quantitative estimate of drug-likeness (QED) is 0.557. The van der Waals surface area contributed by atoms with Crippen LogP contribution >= 0.6 is 0 Å². The number of benzene rings is 1. The van der Waals surface area contributed by atoms with Crippen LogP contribution in [0.5, 0.6) is 11.5 Å². The molecule has 0 fully saturated rings. The molecule has 3 N–H and O–H groups in total. The molecule has 1 aromatic carbocycles. The lowest BCUT2D eigenvalue weighted by molar-refractivity contribution is 0.0696.